The summed E-state index contributed by atoms with van der Waals surface area (Å²) in [6.07, 6.45) is 0. The Labute approximate surface area is 140 Å². The number of hydrogen-bond acceptors (Lipinski definition) is 3. The minimum Gasteiger partial charge on any atom is -0.483 e. The number of nitrogens with one attached hydrogen (secondary N) is 1. The molecule has 1 amide bonds. The Morgan fingerprint density at radius 3 is 2.57 bits per heavy atom. The fourth-order valence-electron chi connectivity index (χ4n) is 2.10. The van der Waals surface area contributed by atoms with Gasteiger partial charge in [-0.1, -0.05) is 23.7 Å². The Morgan fingerprint density at radius 1 is 1.13 bits per heavy atom. The molecule has 0 aliphatic heterocycles. The van der Waals surface area contributed by atoms with Crippen LogP contribution >= 0.6 is 11.6 Å². The van der Waals surface area contributed by atoms with Crippen LogP contribution in [0.25, 0.3) is 0 Å². The minimum absolute atomic E-state index is 0.169. The van der Waals surface area contributed by atoms with E-state index in [2.05, 4.69) is 5.32 Å². The van der Waals surface area contributed by atoms with Crippen LogP contribution in [0.15, 0.2) is 36.4 Å². The van der Waals surface area contributed by atoms with Gasteiger partial charge in [-0.2, -0.15) is 0 Å². The largest absolute Gasteiger partial charge is 0.483 e. The molecule has 0 bridgehead atoms. The van der Waals surface area contributed by atoms with Gasteiger partial charge in [0.1, 0.15) is 5.75 Å². The zero-order valence-corrected chi connectivity index (χ0v) is 14.0. The van der Waals surface area contributed by atoms with E-state index < -0.39 is 0 Å². The molecule has 0 saturated heterocycles. The summed E-state index contributed by atoms with van der Waals surface area (Å²) in [6, 6.07) is 10.6. The summed E-state index contributed by atoms with van der Waals surface area (Å²) in [5.74, 6) is -0.112. The highest BCUT2D eigenvalue weighted by atomic mass is 35.5. The summed E-state index contributed by atoms with van der Waals surface area (Å²) < 4.78 is 5.47. The van der Waals surface area contributed by atoms with E-state index in [0.29, 0.717) is 16.3 Å². The van der Waals surface area contributed by atoms with E-state index in [1.165, 1.54) is 13.0 Å². The monoisotopic (exact) mass is 331 g/mol. The second-order valence-corrected chi connectivity index (χ2v) is 5.79. The van der Waals surface area contributed by atoms with Crippen LogP contribution in [-0.2, 0) is 4.79 Å². The average Bonchev–Trinajstić information content (AvgIpc) is 2.49. The van der Waals surface area contributed by atoms with Crippen molar-refractivity contribution in [3.63, 3.8) is 0 Å². The normalized spacial score (nSPS) is 10.3. The number of rotatable bonds is 5. The van der Waals surface area contributed by atoms with Gasteiger partial charge in [-0.25, -0.2) is 0 Å². The molecule has 0 aliphatic rings. The number of carbonyl (C=O) groups is 2. The maximum Gasteiger partial charge on any atom is 0.262 e. The number of ketones is 1. The van der Waals surface area contributed by atoms with E-state index in [4.69, 9.17) is 16.3 Å². The molecular weight excluding hydrogens is 314 g/mol. The van der Waals surface area contributed by atoms with Crippen molar-refractivity contribution < 1.29 is 14.3 Å². The number of benzene rings is 2. The van der Waals surface area contributed by atoms with E-state index in [0.717, 1.165) is 16.8 Å². The summed E-state index contributed by atoms with van der Waals surface area (Å²) in [5.41, 5.74) is 3.14. The van der Waals surface area contributed by atoms with Crippen LogP contribution in [0.2, 0.25) is 5.02 Å². The fraction of sp³-hybridized carbons (Fsp3) is 0.222. The Morgan fingerprint density at radius 2 is 1.87 bits per heavy atom. The van der Waals surface area contributed by atoms with Crippen molar-refractivity contribution in [3.05, 3.63) is 58.1 Å². The summed E-state index contributed by atoms with van der Waals surface area (Å²) >= 11 is 5.88. The second-order valence-electron chi connectivity index (χ2n) is 5.35. The molecule has 0 heterocycles. The number of hydrogen-bond donors (Lipinski definition) is 1. The third kappa shape index (κ3) is 4.57. The zero-order chi connectivity index (χ0) is 17.0. The lowest BCUT2D eigenvalue weighted by Gasteiger charge is -2.12. The average molecular weight is 332 g/mol. The quantitative estimate of drug-likeness (QED) is 0.836. The number of ether oxygens (including phenoxy) is 1. The summed E-state index contributed by atoms with van der Waals surface area (Å²) in [6.45, 7) is 5.12. The molecule has 23 heavy (non-hydrogen) atoms. The first-order valence-corrected chi connectivity index (χ1v) is 7.55. The van der Waals surface area contributed by atoms with Crippen molar-refractivity contribution in [2.75, 3.05) is 11.9 Å². The molecule has 5 heteroatoms. The molecule has 0 unspecified atom stereocenters. The molecule has 2 rings (SSSR count). The van der Waals surface area contributed by atoms with Crippen molar-refractivity contribution in [1.82, 2.24) is 0 Å². The molecule has 120 valence electrons. The van der Waals surface area contributed by atoms with Crippen LogP contribution in [-0.4, -0.2) is 18.3 Å². The van der Waals surface area contributed by atoms with Crippen LogP contribution in [0.1, 0.15) is 28.4 Å². The van der Waals surface area contributed by atoms with Gasteiger partial charge in [-0.15, -0.1) is 0 Å². The van der Waals surface area contributed by atoms with Gasteiger partial charge in [0.05, 0.1) is 5.56 Å². The first kappa shape index (κ1) is 17.0. The van der Waals surface area contributed by atoms with Gasteiger partial charge in [0.2, 0.25) is 0 Å². The molecular formula is C18H18ClNO3. The first-order chi connectivity index (χ1) is 10.9. The number of halogens is 1. The maximum atomic E-state index is 12.1. The van der Waals surface area contributed by atoms with E-state index >= 15 is 0 Å². The van der Waals surface area contributed by atoms with Gasteiger partial charge >= 0.3 is 0 Å². The van der Waals surface area contributed by atoms with E-state index in [9.17, 15) is 9.59 Å². The van der Waals surface area contributed by atoms with Crippen LogP contribution in [0.4, 0.5) is 5.69 Å². The Kier molecular flexibility index (Phi) is 5.40. The predicted molar refractivity (Wildman–Crippen MR) is 91.5 cm³/mol. The lowest BCUT2D eigenvalue weighted by Crippen LogP contribution is -2.21. The number of aryl methyl sites for hydroxylation is 2. The number of anilines is 1. The number of amides is 1. The standard InChI is InChI=1S/C18H18ClNO3/c1-11-4-5-12(2)16(8-11)20-18(22)10-23-17-7-6-14(19)9-15(17)13(3)21/h4-9H,10H2,1-3H3,(H,20,22). The smallest absolute Gasteiger partial charge is 0.262 e. The molecule has 0 saturated carbocycles. The number of Topliss-reactive ketones (excluding diaryl/α,β-unsaturated/α-hetero) is 1. The van der Waals surface area contributed by atoms with Gasteiger partial charge in [0, 0.05) is 10.7 Å². The number of carbonyl (C=O) groups excluding carboxylic acids is 2. The summed E-state index contributed by atoms with van der Waals surface area (Å²) in [4.78, 5) is 23.6. The van der Waals surface area contributed by atoms with Gasteiger partial charge in [-0.3, -0.25) is 9.59 Å². The summed E-state index contributed by atoms with van der Waals surface area (Å²) in [5, 5.41) is 3.25. The molecule has 2 aromatic carbocycles. The molecule has 1 N–H and O–H groups in total. The van der Waals surface area contributed by atoms with Crippen molar-refractivity contribution in [2.24, 2.45) is 0 Å². The minimum atomic E-state index is -0.289. The molecule has 0 fully saturated rings. The fourth-order valence-corrected chi connectivity index (χ4v) is 2.28. The van der Waals surface area contributed by atoms with E-state index in [1.807, 2.05) is 32.0 Å². The molecule has 0 aliphatic carbocycles. The highest BCUT2D eigenvalue weighted by Crippen LogP contribution is 2.23. The molecule has 0 radical (unpaired) electrons. The third-order valence-corrected chi connectivity index (χ3v) is 3.58. The highest BCUT2D eigenvalue weighted by Gasteiger charge is 2.12. The van der Waals surface area contributed by atoms with Gasteiger partial charge in [0.15, 0.2) is 12.4 Å². The topological polar surface area (TPSA) is 55.4 Å². The Balaban J connectivity index is 2.05. The van der Waals surface area contributed by atoms with Crippen LogP contribution in [0.5, 0.6) is 5.75 Å². The lowest BCUT2D eigenvalue weighted by atomic mass is 10.1. The third-order valence-electron chi connectivity index (χ3n) is 3.35. The van der Waals surface area contributed by atoms with Gasteiger partial charge in [0.25, 0.3) is 5.91 Å². The van der Waals surface area contributed by atoms with Gasteiger partial charge < -0.3 is 10.1 Å². The molecule has 0 atom stereocenters. The highest BCUT2D eigenvalue weighted by molar-refractivity contribution is 6.31. The zero-order valence-electron chi connectivity index (χ0n) is 13.3. The molecule has 0 spiro atoms. The lowest BCUT2D eigenvalue weighted by molar-refractivity contribution is -0.118. The van der Waals surface area contributed by atoms with Crippen LogP contribution in [0.3, 0.4) is 0 Å². The van der Waals surface area contributed by atoms with Crippen molar-refractivity contribution in [2.45, 2.75) is 20.8 Å². The van der Waals surface area contributed by atoms with E-state index in [1.54, 1.807) is 12.1 Å². The van der Waals surface area contributed by atoms with Crippen LogP contribution < -0.4 is 10.1 Å². The van der Waals surface area contributed by atoms with Crippen LogP contribution in [0, 0.1) is 13.8 Å². The van der Waals surface area contributed by atoms with Crippen molar-refractivity contribution in [1.29, 1.82) is 0 Å². The van der Waals surface area contributed by atoms with Crippen molar-refractivity contribution in [3.8, 4) is 5.75 Å². The van der Waals surface area contributed by atoms with E-state index in [-0.39, 0.29) is 18.3 Å². The molecule has 0 aromatic heterocycles. The maximum absolute atomic E-state index is 12.1. The first-order valence-electron chi connectivity index (χ1n) is 7.17. The molecule has 4 nitrogen and oxygen atoms in total. The Hall–Kier alpha value is -2.33. The summed E-state index contributed by atoms with van der Waals surface area (Å²) in [7, 11) is 0. The van der Waals surface area contributed by atoms with Gasteiger partial charge in [-0.05, 0) is 56.2 Å². The SMILES string of the molecule is CC(=O)c1cc(Cl)ccc1OCC(=O)Nc1cc(C)ccc1C. The Bertz CT molecular complexity index is 756. The van der Waals surface area contributed by atoms with Crippen molar-refractivity contribution >= 4 is 29.0 Å². The second kappa shape index (κ2) is 7.29. The predicted octanol–water partition coefficient (Wildman–Crippen LogP) is 4.18. The molecule has 2 aromatic rings.